The molecule has 4 aromatic rings. The summed E-state index contributed by atoms with van der Waals surface area (Å²) in [5, 5.41) is 0. The third-order valence-electron chi connectivity index (χ3n) is 5.18. The molecule has 0 radical (unpaired) electrons. The van der Waals surface area contributed by atoms with Gasteiger partial charge in [0.2, 0.25) is 5.62 Å². The maximum atomic E-state index is 14.1. The lowest BCUT2D eigenvalue weighted by molar-refractivity contribution is -0.137. The zero-order chi connectivity index (χ0) is 23.8. The van der Waals surface area contributed by atoms with Crippen molar-refractivity contribution in [1.82, 2.24) is 9.13 Å². The number of fused-ring (bicyclic) bond motifs is 1. The fraction of sp³-hybridized carbons (Fsp3) is 0.174. The summed E-state index contributed by atoms with van der Waals surface area (Å²) in [6, 6.07) is 16.2. The van der Waals surface area contributed by atoms with Crippen LogP contribution in [0, 0.1) is 5.82 Å². The van der Waals surface area contributed by atoms with Crippen molar-refractivity contribution >= 4 is 21.1 Å². The third kappa shape index (κ3) is 4.56. The first-order valence-corrected chi connectivity index (χ1v) is 11.4. The van der Waals surface area contributed by atoms with Gasteiger partial charge in [0.25, 0.3) is 10.0 Å². The highest BCUT2D eigenvalue weighted by atomic mass is 32.2. The van der Waals surface area contributed by atoms with Crippen LogP contribution >= 0.6 is 0 Å². The van der Waals surface area contributed by atoms with Crippen molar-refractivity contribution in [3.05, 3.63) is 95.4 Å². The van der Waals surface area contributed by atoms with Crippen molar-refractivity contribution in [2.75, 3.05) is 0 Å². The average Bonchev–Trinajstić information content (AvgIpc) is 3.05. The molecule has 0 saturated carbocycles. The number of aryl methyl sites for hydroxylation is 1. The third-order valence-corrected chi connectivity index (χ3v) is 6.45. The van der Waals surface area contributed by atoms with Gasteiger partial charge in [-0.2, -0.15) is 21.6 Å². The second-order valence-electron chi connectivity index (χ2n) is 7.34. The Balaban J connectivity index is 1.94. The minimum atomic E-state index is -4.47. The van der Waals surface area contributed by atoms with Crippen molar-refractivity contribution in [3.63, 3.8) is 0 Å². The molecule has 0 aliphatic heterocycles. The summed E-state index contributed by atoms with van der Waals surface area (Å²) in [6.45, 7) is 2.12. The fourth-order valence-electron chi connectivity index (χ4n) is 3.60. The second kappa shape index (κ2) is 8.51. The molecule has 3 aromatic carbocycles. The fourth-order valence-corrected chi connectivity index (χ4v) is 4.62. The number of hydrogen-bond donors (Lipinski definition) is 0. The van der Waals surface area contributed by atoms with E-state index in [1.165, 1.54) is 47.0 Å². The van der Waals surface area contributed by atoms with Gasteiger partial charge in [0.15, 0.2) is 0 Å². The van der Waals surface area contributed by atoms with E-state index in [-0.39, 0.29) is 17.1 Å². The van der Waals surface area contributed by atoms with Gasteiger partial charge in [-0.25, -0.2) is 4.39 Å². The van der Waals surface area contributed by atoms with Gasteiger partial charge in [0, 0.05) is 6.54 Å². The largest absolute Gasteiger partial charge is 0.416 e. The van der Waals surface area contributed by atoms with E-state index in [1.807, 2.05) is 0 Å². The summed E-state index contributed by atoms with van der Waals surface area (Å²) < 4.78 is 86.0. The van der Waals surface area contributed by atoms with Crippen molar-refractivity contribution in [2.45, 2.75) is 31.1 Å². The molecule has 0 unspecified atom stereocenters. The number of sulfonamides is 1. The van der Waals surface area contributed by atoms with Gasteiger partial charge >= 0.3 is 6.18 Å². The molecular formula is C23H19F4N3O2S. The molecule has 0 fully saturated rings. The van der Waals surface area contributed by atoms with E-state index in [4.69, 9.17) is 0 Å². The Labute approximate surface area is 187 Å². The van der Waals surface area contributed by atoms with Gasteiger partial charge in [0.1, 0.15) is 5.82 Å². The first-order valence-electron chi connectivity index (χ1n) is 10.0. The van der Waals surface area contributed by atoms with Crippen LogP contribution in [-0.4, -0.2) is 17.6 Å². The molecule has 0 N–H and O–H groups in total. The summed E-state index contributed by atoms with van der Waals surface area (Å²) >= 11 is 0. The Morgan fingerprint density at radius 2 is 1.55 bits per heavy atom. The van der Waals surface area contributed by atoms with Crippen LogP contribution in [0.5, 0.6) is 0 Å². The lowest BCUT2D eigenvalue weighted by Crippen LogP contribution is -2.28. The van der Waals surface area contributed by atoms with Crippen LogP contribution in [0.1, 0.15) is 18.1 Å². The minimum absolute atomic E-state index is 0.00572. The molecule has 0 aliphatic carbocycles. The topological polar surface area (TPSA) is 56.4 Å². The molecule has 4 rings (SSSR count). The van der Waals surface area contributed by atoms with Crippen LogP contribution < -0.4 is 5.62 Å². The summed E-state index contributed by atoms with van der Waals surface area (Å²) in [7, 11) is -4.10. The molecule has 172 valence electrons. The number of benzene rings is 3. The van der Waals surface area contributed by atoms with E-state index in [0.717, 1.165) is 12.1 Å². The van der Waals surface area contributed by atoms with Crippen molar-refractivity contribution < 1.29 is 26.0 Å². The van der Waals surface area contributed by atoms with Gasteiger partial charge in [-0.1, -0.05) is 30.3 Å². The number of alkyl halides is 3. The van der Waals surface area contributed by atoms with Crippen LogP contribution in [0.25, 0.3) is 11.0 Å². The van der Waals surface area contributed by atoms with Gasteiger partial charge in [-0.05, 0) is 55.0 Å². The van der Waals surface area contributed by atoms with E-state index in [1.54, 1.807) is 29.7 Å². The lowest BCUT2D eigenvalue weighted by Gasteiger charge is -2.09. The molecule has 0 bridgehead atoms. The number of aromatic nitrogens is 2. The lowest BCUT2D eigenvalue weighted by atomic mass is 10.1. The van der Waals surface area contributed by atoms with Gasteiger partial charge in [-0.15, -0.1) is 4.40 Å². The van der Waals surface area contributed by atoms with Crippen molar-refractivity contribution in [1.29, 1.82) is 0 Å². The first-order chi connectivity index (χ1) is 15.6. The van der Waals surface area contributed by atoms with Crippen LogP contribution in [0.4, 0.5) is 17.6 Å². The zero-order valence-electron chi connectivity index (χ0n) is 17.4. The maximum Gasteiger partial charge on any atom is 0.416 e. The molecule has 0 amide bonds. The van der Waals surface area contributed by atoms with E-state index in [9.17, 15) is 26.0 Å². The molecule has 5 nitrogen and oxygen atoms in total. The van der Waals surface area contributed by atoms with E-state index < -0.39 is 27.6 Å². The summed E-state index contributed by atoms with van der Waals surface area (Å²) in [5.74, 6) is -0.533. The maximum absolute atomic E-state index is 14.1. The predicted molar refractivity (Wildman–Crippen MR) is 115 cm³/mol. The molecule has 0 spiro atoms. The smallest absolute Gasteiger partial charge is 0.310 e. The van der Waals surface area contributed by atoms with E-state index in [2.05, 4.69) is 4.40 Å². The van der Waals surface area contributed by atoms with Gasteiger partial charge in [-0.3, -0.25) is 0 Å². The van der Waals surface area contributed by atoms with Gasteiger partial charge < -0.3 is 9.13 Å². The molecule has 0 aliphatic rings. The average molecular weight is 477 g/mol. The number of nitrogens with zero attached hydrogens (tertiary/aromatic N) is 3. The molecule has 1 aromatic heterocycles. The summed E-state index contributed by atoms with van der Waals surface area (Å²) in [6.07, 6.45) is -4.47. The van der Waals surface area contributed by atoms with Crippen LogP contribution in [0.15, 0.2) is 82.1 Å². The summed E-state index contributed by atoms with van der Waals surface area (Å²) in [5.41, 5.74) is 0.643. The first kappa shape index (κ1) is 22.8. The molecule has 10 heteroatoms. The monoisotopic (exact) mass is 477 g/mol. The highest BCUT2D eigenvalue weighted by Crippen LogP contribution is 2.29. The highest BCUT2D eigenvalue weighted by Gasteiger charge is 2.30. The predicted octanol–water partition coefficient (Wildman–Crippen LogP) is 4.96. The Hall–Kier alpha value is -3.40. The zero-order valence-corrected chi connectivity index (χ0v) is 18.2. The molecule has 33 heavy (non-hydrogen) atoms. The SMILES string of the molecule is CCn1c(=NS(=O)(=O)c2ccccc2)n(Cc2ccc(C(F)(F)F)cc2)c2cc(F)ccc21. The Morgan fingerprint density at radius 1 is 0.879 bits per heavy atom. The standard InChI is InChI=1S/C23H19F4N3O2S/c1-2-29-20-13-12-18(24)14-21(20)30(15-16-8-10-17(11-9-16)23(25,26)27)22(29)28-33(31,32)19-6-4-3-5-7-19/h3-14H,2,15H2,1H3. The number of imidazole rings is 1. The Kier molecular flexibility index (Phi) is 5.87. The molecule has 1 heterocycles. The minimum Gasteiger partial charge on any atom is -0.310 e. The molecular weight excluding hydrogens is 458 g/mol. The van der Waals surface area contributed by atoms with Crippen molar-refractivity contribution in [3.8, 4) is 0 Å². The van der Waals surface area contributed by atoms with E-state index >= 15 is 0 Å². The normalized spacial score (nSPS) is 13.1. The summed E-state index contributed by atoms with van der Waals surface area (Å²) in [4.78, 5) is -0.00910. The number of halogens is 4. The Morgan fingerprint density at radius 3 is 2.15 bits per heavy atom. The van der Waals surface area contributed by atoms with E-state index in [0.29, 0.717) is 23.1 Å². The van der Waals surface area contributed by atoms with Crippen LogP contribution in [0.2, 0.25) is 0 Å². The van der Waals surface area contributed by atoms with Crippen LogP contribution in [-0.2, 0) is 29.3 Å². The Bertz CT molecular complexity index is 1470. The second-order valence-corrected chi connectivity index (χ2v) is 8.94. The van der Waals surface area contributed by atoms with Crippen molar-refractivity contribution in [2.24, 2.45) is 4.40 Å². The quantitative estimate of drug-likeness (QED) is 0.382. The van der Waals surface area contributed by atoms with Gasteiger partial charge in [0.05, 0.1) is 28.0 Å². The number of hydrogen-bond acceptors (Lipinski definition) is 2. The molecule has 0 atom stereocenters. The number of rotatable bonds is 5. The molecule has 0 saturated heterocycles. The highest BCUT2D eigenvalue weighted by molar-refractivity contribution is 7.90. The van der Waals surface area contributed by atoms with Crippen LogP contribution in [0.3, 0.4) is 0 Å².